The molecule has 0 saturated heterocycles. The highest BCUT2D eigenvalue weighted by Crippen LogP contribution is 2.33. The van der Waals surface area contributed by atoms with Crippen LogP contribution in [0.4, 0.5) is 0 Å². The summed E-state index contributed by atoms with van der Waals surface area (Å²) in [5, 5.41) is 3.81. The van der Waals surface area contributed by atoms with Crippen LogP contribution in [0.2, 0.25) is 0 Å². The Bertz CT molecular complexity index is 1050. The Morgan fingerprint density at radius 1 is 1.14 bits per heavy atom. The van der Waals surface area contributed by atoms with Crippen molar-refractivity contribution in [3.05, 3.63) is 54.1 Å². The van der Waals surface area contributed by atoms with Gasteiger partial charge in [0.15, 0.2) is 11.5 Å². The minimum atomic E-state index is -0.138. The molecule has 0 spiro atoms. The van der Waals surface area contributed by atoms with Crippen molar-refractivity contribution >= 4 is 16.8 Å². The Morgan fingerprint density at radius 2 is 1.90 bits per heavy atom. The van der Waals surface area contributed by atoms with Crippen molar-refractivity contribution in [3.8, 4) is 22.8 Å². The van der Waals surface area contributed by atoms with Crippen LogP contribution in [-0.4, -0.2) is 37.7 Å². The molecule has 1 saturated carbocycles. The number of nitrogens with one attached hydrogen (secondary N) is 1. The maximum atomic E-state index is 13.0. The maximum Gasteiger partial charge on any atom is 0.252 e. The molecule has 1 heterocycles. The molecule has 1 fully saturated rings. The first-order chi connectivity index (χ1) is 14.1. The number of ether oxygens (including phenoxy) is 2. The number of nitrogens with two attached hydrogens (primary N) is 1. The third-order valence-corrected chi connectivity index (χ3v) is 5.37. The fraction of sp³-hybridized carbons (Fsp3) is 0.304. The van der Waals surface area contributed by atoms with Gasteiger partial charge >= 0.3 is 0 Å². The molecule has 29 heavy (non-hydrogen) atoms. The van der Waals surface area contributed by atoms with E-state index >= 15 is 0 Å². The molecule has 3 N–H and O–H groups in total. The summed E-state index contributed by atoms with van der Waals surface area (Å²) in [4.78, 5) is 17.7. The molecule has 1 aliphatic carbocycles. The summed E-state index contributed by atoms with van der Waals surface area (Å²) < 4.78 is 10.7. The predicted molar refractivity (Wildman–Crippen MR) is 113 cm³/mol. The average molecular weight is 391 g/mol. The molecule has 1 aliphatic rings. The summed E-state index contributed by atoms with van der Waals surface area (Å²) in [5.41, 5.74) is 9.03. The first-order valence-corrected chi connectivity index (χ1v) is 9.76. The average Bonchev–Trinajstić information content (AvgIpc) is 3.61. The summed E-state index contributed by atoms with van der Waals surface area (Å²) in [6.07, 6.45) is 2.30. The molecule has 1 aromatic heterocycles. The quantitative estimate of drug-likeness (QED) is 0.645. The van der Waals surface area contributed by atoms with Crippen LogP contribution in [0.25, 0.3) is 22.2 Å². The Morgan fingerprint density at radius 3 is 2.62 bits per heavy atom. The van der Waals surface area contributed by atoms with Gasteiger partial charge in [0.2, 0.25) is 0 Å². The number of hydrogen-bond acceptors (Lipinski definition) is 5. The van der Waals surface area contributed by atoms with Gasteiger partial charge < -0.3 is 20.5 Å². The van der Waals surface area contributed by atoms with Crippen molar-refractivity contribution in [1.29, 1.82) is 0 Å². The fourth-order valence-electron chi connectivity index (χ4n) is 3.50. The van der Waals surface area contributed by atoms with Crippen LogP contribution in [0, 0.1) is 5.92 Å². The molecule has 0 radical (unpaired) electrons. The lowest BCUT2D eigenvalue weighted by atomic mass is 10.0. The lowest BCUT2D eigenvalue weighted by Crippen LogP contribution is -2.38. The number of carbonyl (C=O) groups is 1. The standard InChI is InChI=1S/C23H25N3O3/c1-28-21-10-9-15(11-22(21)29-2)20-12-17(16-5-3-4-6-19(16)26-20)23(27)25-13-18(24)14-7-8-14/h3-6,9-12,14,18H,7-8,13,24H2,1-2H3,(H,25,27). The Kier molecular flexibility index (Phi) is 5.36. The third kappa shape index (κ3) is 4.03. The van der Waals surface area contributed by atoms with Crippen LogP contribution >= 0.6 is 0 Å². The first-order valence-electron chi connectivity index (χ1n) is 9.76. The molecule has 1 amide bonds. The zero-order valence-corrected chi connectivity index (χ0v) is 16.6. The summed E-state index contributed by atoms with van der Waals surface area (Å²) in [5.74, 6) is 1.65. The van der Waals surface area contributed by atoms with Gasteiger partial charge in [0.05, 0.1) is 31.0 Å². The minimum absolute atomic E-state index is 0.0115. The van der Waals surface area contributed by atoms with E-state index < -0.39 is 0 Å². The fourth-order valence-corrected chi connectivity index (χ4v) is 3.50. The van der Waals surface area contributed by atoms with E-state index in [0.717, 1.165) is 29.3 Å². The number of amides is 1. The number of benzene rings is 2. The second kappa shape index (κ2) is 8.09. The van der Waals surface area contributed by atoms with Crippen molar-refractivity contribution in [1.82, 2.24) is 10.3 Å². The number of para-hydroxylation sites is 1. The molecule has 6 heteroatoms. The highest BCUT2D eigenvalue weighted by molar-refractivity contribution is 6.07. The molecule has 4 rings (SSSR count). The van der Waals surface area contributed by atoms with Crippen molar-refractivity contribution < 1.29 is 14.3 Å². The lowest BCUT2D eigenvalue weighted by Gasteiger charge is -2.14. The van der Waals surface area contributed by atoms with Gasteiger partial charge in [0.25, 0.3) is 5.91 Å². The number of rotatable bonds is 7. The minimum Gasteiger partial charge on any atom is -0.493 e. The molecule has 1 atom stereocenters. The summed E-state index contributed by atoms with van der Waals surface area (Å²) in [7, 11) is 3.19. The van der Waals surface area contributed by atoms with Gasteiger partial charge in [-0.3, -0.25) is 4.79 Å². The SMILES string of the molecule is COc1ccc(-c2cc(C(=O)NCC(N)C3CC3)c3ccccc3n2)cc1OC. The van der Waals surface area contributed by atoms with Crippen LogP contribution in [0.1, 0.15) is 23.2 Å². The number of fused-ring (bicyclic) bond motifs is 1. The van der Waals surface area contributed by atoms with Gasteiger partial charge in [0.1, 0.15) is 0 Å². The molecule has 2 aromatic carbocycles. The first kappa shape index (κ1) is 19.2. The van der Waals surface area contributed by atoms with Crippen LogP contribution in [-0.2, 0) is 0 Å². The predicted octanol–water partition coefficient (Wildman–Crippen LogP) is 3.39. The topological polar surface area (TPSA) is 86.5 Å². The summed E-state index contributed by atoms with van der Waals surface area (Å²) >= 11 is 0. The van der Waals surface area contributed by atoms with Crippen molar-refractivity contribution in [2.75, 3.05) is 20.8 Å². The van der Waals surface area contributed by atoms with Crippen molar-refractivity contribution in [3.63, 3.8) is 0 Å². The Labute approximate surface area is 170 Å². The van der Waals surface area contributed by atoms with Crippen molar-refractivity contribution in [2.24, 2.45) is 11.7 Å². The normalized spacial score (nSPS) is 14.4. The van der Waals surface area contributed by atoms with Crippen LogP contribution in [0.3, 0.4) is 0 Å². The van der Waals surface area contributed by atoms with Crippen molar-refractivity contribution in [2.45, 2.75) is 18.9 Å². The van der Waals surface area contributed by atoms with E-state index in [1.807, 2.05) is 48.5 Å². The Balaban J connectivity index is 1.71. The zero-order valence-electron chi connectivity index (χ0n) is 16.6. The van der Waals surface area contributed by atoms with Crippen LogP contribution in [0.15, 0.2) is 48.5 Å². The van der Waals surface area contributed by atoms with E-state index in [0.29, 0.717) is 35.2 Å². The zero-order chi connectivity index (χ0) is 20.4. The van der Waals surface area contributed by atoms with Gasteiger partial charge in [0, 0.05) is 23.5 Å². The molecular weight excluding hydrogens is 366 g/mol. The second-order valence-electron chi connectivity index (χ2n) is 7.35. The van der Waals surface area contributed by atoms with Gasteiger partial charge in [-0.1, -0.05) is 18.2 Å². The Hall–Kier alpha value is -3.12. The molecule has 1 unspecified atom stereocenters. The molecule has 0 aliphatic heterocycles. The number of carbonyl (C=O) groups excluding carboxylic acids is 1. The van der Waals surface area contributed by atoms with Gasteiger partial charge in [-0.05, 0) is 49.1 Å². The van der Waals surface area contributed by atoms with Crippen LogP contribution in [0.5, 0.6) is 11.5 Å². The lowest BCUT2D eigenvalue weighted by molar-refractivity contribution is 0.0952. The van der Waals surface area contributed by atoms with E-state index in [2.05, 4.69) is 5.32 Å². The van der Waals surface area contributed by atoms with E-state index in [4.69, 9.17) is 20.2 Å². The van der Waals surface area contributed by atoms with Gasteiger partial charge in [-0.2, -0.15) is 0 Å². The largest absolute Gasteiger partial charge is 0.493 e. The maximum absolute atomic E-state index is 13.0. The smallest absolute Gasteiger partial charge is 0.252 e. The summed E-state index contributed by atoms with van der Waals surface area (Å²) in [6, 6.07) is 15.1. The molecule has 3 aromatic rings. The van der Waals surface area contributed by atoms with E-state index in [-0.39, 0.29) is 11.9 Å². The second-order valence-corrected chi connectivity index (χ2v) is 7.35. The number of nitrogens with zero attached hydrogens (tertiary/aromatic N) is 1. The highest BCUT2D eigenvalue weighted by atomic mass is 16.5. The molecule has 0 bridgehead atoms. The number of methoxy groups -OCH3 is 2. The van der Waals surface area contributed by atoms with E-state index in [1.54, 1.807) is 14.2 Å². The van der Waals surface area contributed by atoms with Crippen LogP contribution < -0.4 is 20.5 Å². The molecule has 6 nitrogen and oxygen atoms in total. The monoisotopic (exact) mass is 391 g/mol. The number of hydrogen-bond donors (Lipinski definition) is 2. The molecule has 150 valence electrons. The van der Waals surface area contributed by atoms with Gasteiger partial charge in [-0.25, -0.2) is 4.98 Å². The summed E-state index contributed by atoms with van der Waals surface area (Å²) in [6.45, 7) is 0.478. The highest BCUT2D eigenvalue weighted by Gasteiger charge is 2.28. The number of pyridine rings is 1. The van der Waals surface area contributed by atoms with E-state index in [1.165, 1.54) is 0 Å². The number of aromatic nitrogens is 1. The molecular formula is C23H25N3O3. The third-order valence-electron chi connectivity index (χ3n) is 5.37. The van der Waals surface area contributed by atoms with E-state index in [9.17, 15) is 4.79 Å². The van der Waals surface area contributed by atoms with Gasteiger partial charge in [-0.15, -0.1) is 0 Å².